The summed E-state index contributed by atoms with van der Waals surface area (Å²) in [6, 6.07) is 16.8. The second-order valence-electron chi connectivity index (χ2n) is 6.26. The fraction of sp³-hybridized carbons (Fsp3) is 0.350. The number of nitrogens with one attached hydrogen (secondary N) is 1. The normalized spacial score (nSPS) is 14.6. The Kier molecular flexibility index (Phi) is 5.04. The standard InChI is InChI=1S/C20H25N3O/c1-3-20(24)21-17-7-9-18(10-8-17)22-11-13-23(14-12-22)19-6-4-5-16(2)15-19/h4-10,15H,3,11-14H2,1-2H3,(H,21,24). The van der Waals surface area contributed by atoms with Gasteiger partial charge in [0.2, 0.25) is 5.91 Å². The lowest BCUT2D eigenvalue weighted by Gasteiger charge is -2.37. The molecule has 2 aromatic carbocycles. The van der Waals surface area contributed by atoms with Gasteiger partial charge in [-0.1, -0.05) is 19.1 Å². The second-order valence-corrected chi connectivity index (χ2v) is 6.26. The molecule has 1 heterocycles. The largest absolute Gasteiger partial charge is 0.368 e. The van der Waals surface area contributed by atoms with Crippen LogP contribution in [0, 0.1) is 6.92 Å². The van der Waals surface area contributed by atoms with Crippen LogP contribution in [0.2, 0.25) is 0 Å². The SMILES string of the molecule is CCC(=O)Nc1ccc(N2CCN(c3cccc(C)c3)CC2)cc1. The maximum absolute atomic E-state index is 11.4. The van der Waals surface area contributed by atoms with E-state index in [0.717, 1.165) is 31.9 Å². The lowest BCUT2D eigenvalue weighted by molar-refractivity contribution is -0.115. The zero-order valence-electron chi connectivity index (χ0n) is 14.5. The van der Waals surface area contributed by atoms with Gasteiger partial charge in [-0.25, -0.2) is 0 Å². The Morgan fingerprint density at radius 3 is 2.17 bits per heavy atom. The van der Waals surface area contributed by atoms with Gasteiger partial charge >= 0.3 is 0 Å². The highest BCUT2D eigenvalue weighted by Gasteiger charge is 2.17. The van der Waals surface area contributed by atoms with E-state index >= 15 is 0 Å². The number of amides is 1. The zero-order chi connectivity index (χ0) is 16.9. The molecule has 0 aliphatic carbocycles. The lowest BCUT2D eigenvalue weighted by atomic mass is 10.1. The highest BCUT2D eigenvalue weighted by atomic mass is 16.1. The predicted octanol–water partition coefficient (Wildman–Crippen LogP) is 3.67. The minimum Gasteiger partial charge on any atom is -0.368 e. The van der Waals surface area contributed by atoms with E-state index in [1.54, 1.807) is 0 Å². The van der Waals surface area contributed by atoms with Gasteiger partial charge in [-0.15, -0.1) is 0 Å². The molecular weight excluding hydrogens is 298 g/mol. The minimum absolute atomic E-state index is 0.0505. The maximum Gasteiger partial charge on any atom is 0.224 e. The molecule has 0 atom stereocenters. The van der Waals surface area contributed by atoms with Gasteiger partial charge in [0.1, 0.15) is 0 Å². The smallest absolute Gasteiger partial charge is 0.224 e. The first-order valence-corrected chi connectivity index (χ1v) is 8.62. The second kappa shape index (κ2) is 7.39. The molecule has 0 aromatic heterocycles. The van der Waals surface area contributed by atoms with E-state index in [9.17, 15) is 4.79 Å². The van der Waals surface area contributed by atoms with Crippen LogP contribution in [0.25, 0.3) is 0 Å². The molecule has 4 nitrogen and oxygen atoms in total. The molecule has 1 fully saturated rings. The third kappa shape index (κ3) is 3.88. The van der Waals surface area contributed by atoms with Crippen LogP contribution >= 0.6 is 0 Å². The number of aryl methyl sites for hydroxylation is 1. The molecule has 0 bridgehead atoms. The van der Waals surface area contributed by atoms with Gasteiger partial charge in [0.25, 0.3) is 0 Å². The van der Waals surface area contributed by atoms with E-state index in [2.05, 4.69) is 58.4 Å². The van der Waals surface area contributed by atoms with Gasteiger partial charge in [-0.3, -0.25) is 4.79 Å². The van der Waals surface area contributed by atoms with Crippen molar-refractivity contribution in [1.82, 2.24) is 0 Å². The first-order chi connectivity index (χ1) is 11.7. The minimum atomic E-state index is 0.0505. The van der Waals surface area contributed by atoms with Crippen molar-refractivity contribution in [2.45, 2.75) is 20.3 Å². The summed E-state index contributed by atoms with van der Waals surface area (Å²) in [7, 11) is 0. The van der Waals surface area contributed by atoms with E-state index in [0.29, 0.717) is 6.42 Å². The topological polar surface area (TPSA) is 35.6 Å². The van der Waals surface area contributed by atoms with E-state index in [-0.39, 0.29) is 5.91 Å². The van der Waals surface area contributed by atoms with Crippen molar-refractivity contribution in [1.29, 1.82) is 0 Å². The van der Waals surface area contributed by atoms with Crippen LogP contribution in [0.3, 0.4) is 0 Å². The molecule has 126 valence electrons. The van der Waals surface area contributed by atoms with Crippen molar-refractivity contribution in [3.8, 4) is 0 Å². The van der Waals surface area contributed by atoms with E-state index < -0.39 is 0 Å². The van der Waals surface area contributed by atoms with Crippen LogP contribution < -0.4 is 15.1 Å². The predicted molar refractivity (Wildman–Crippen MR) is 101 cm³/mol. The monoisotopic (exact) mass is 323 g/mol. The summed E-state index contributed by atoms with van der Waals surface area (Å²) in [6.45, 7) is 8.06. The Balaban J connectivity index is 1.59. The third-order valence-electron chi connectivity index (χ3n) is 4.48. The third-order valence-corrected chi connectivity index (χ3v) is 4.48. The summed E-state index contributed by atoms with van der Waals surface area (Å²) in [5.41, 5.74) is 4.70. The highest BCUT2D eigenvalue weighted by molar-refractivity contribution is 5.90. The highest BCUT2D eigenvalue weighted by Crippen LogP contribution is 2.22. The number of hydrogen-bond donors (Lipinski definition) is 1. The molecule has 0 saturated carbocycles. The molecule has 0 radical (unpaired) electrons. The molecular formula is C20H25N3O. The number of anilines is 3. The average molecular weight is 323 g/mol. The summed E-state index contributed by atoms with van der Waals surface area (Å²) in [5.74, 6) is 0.0505. The number of rotatable bonds is 4. The summed E-state index contributed by atoms with van der Waals surface area (Å²) in [4.78, 5) is 16.3. The Labute approximate surface area is 144 Å². The quantitative estimate of drug-likeness (QED) is 0.932. The molecule has 0 unspecified atom stereocenters. The molecule has 1 N–H and O–H groups in total. The number of hydrogen-bond acceptors (Lipinski definition) is 3. The molecule has 3 rings (SSSR count). The first-order valence-electron chi connectivity index (χ1n) is 8.62. The van der Waals surface area contributed by atoms with Gasteiger partial charge in [-0.2, -0.15) is 0 Å². The number of carbonyl (C=O) groups excluding carboxylic acids is 1. The summed E-state index contributed by atoms with van der Waals surface area (Å²) in [5, 5.41) is 2.89. The van der Waals surface area contributed by atoms with Crippen LogP contribution in [0.1, 0.15) is 18.9 Å². The molecule has 4 heteroatoms. The first kappa shape index (κ1) is 16.4. The Morgan fingerprint density at radius 1 is 0.958 bits per heavy atom. The van der Waals surface area contributed by atoms with Gasteiger partial charge in [0, 0.05) is 49.7 Å². The van der Waals surface area contributed by atoms with Crippen molar-refractivity contribution < 1.29 is 4.79 Å². The van der Waals surface area contributed by atoms with Crippen molar-refractivity contribution in [3.63, 3.8) is 0 Å². The zero-order valence-corrected chi connectivity index (χ0v) is 14.5. The Morgan fingerprint density at radius 2 is 1.58 bits per heavy atom. The van der Waals surface area contributed by atoms with E-state index in [4.69, 9.17) is 0 Å². The Bertz CT molecular complexity index is 688. The van der Waals surface area contributed by atoms with Crippen molar-refractivity contribution in [3.05, 3.63) is 54.1 Å². The lowest BCUT2D eigenvalue weighted by Crippen LogP contribution is -2.46. The molecule has 2 aromatic rings. The summed E-state index contributed by atoms with van der Waals surface area (Å²) >= 11 is 0. The van der Waals surface area contributed by atoms with Gasteiger partial charge in [0.05, 0.1) is 0 Å². The number of carbonyl (C=O) groups is 1. The Hall–Kier alpha value is -2.49. The van der Waals surface area contributed by atoms with Crippen LogP contribution in [0.5, 0.6) is 0 Å². The van der Waals surface area contributed by atoms with Gasteiger partial charge in [0.15, 0.2) is 0 Å². The molecule has 24 heavy (non-hydrogen) atoms. The van der Waals surface area contributed by atoms with Crippen molar-refractivity contribution >= 4 is 23.0 Å². The number of benzene rings is 2. The summed E-state index contributed by atoms with van der Waals surface area (Å²) < 4.78 is 0. The van der Waals surface area contributed by atoms with Crippen LogP contribution in [-0.2, 0) is 4.79 Å². The van der Waals surface area contributed by atoms with E-state index in [1.165, 1.54) is 16.9 Å². The fourth-order valence-electron chi connectivity index (χ4n) is 3.05. The summed E-state index contributed by atoms with van der Waals surface area (Å²) in [6.07, 6.45) is 0.503. The number of nitrogens with zero attached hydrogens (tertiary/aromatic N) is 2. The molecule has 0 spiro atoms. The van der Waals surface area contributed by atoms with Gasteiger partial charge < -0.3 is 15.1 Å². The van der Waals surface area contributed by atoms with E-state index in [1.807, 2.05) is 19.1 Å². The average Bonchev–Trinajstić information content (AvgIpc) is 2.62. The van der Waals surface area contributed by atoms with Crippen LogP contribution in [0.4, 0.5) is 17.1 Å². The molecule has 1 amide bonds. The van der Waals surface area contributed by atoms with Crippen LogP contribution in [-0.4, -0.2) is 32.1 Å². The van der Waals surface area contributed by atoms with Crippen LogP contribution in [0.15, 0.2) is 48.5 Å². The maximum atomic E-state index is 11.4. The number of piperazine rings is 1. The molecule has 1 saturated heterocycles. The fourth-order valence-corrected chi connectivity index (χ4v) is 3.05. The molecule has 1 aliphatic heterocycles. The van der Waals surface area contributed by atoms with Crippen molar-refractivity contribution in [2.75, 3.05) is 41.3 Å². The van der Waals surface area contributed by atoms with Crippen molar-refractivity contribution in [2.24, 2.45) is 0 Å². The van der Waals surface area contributed by atoms with Gasteiger partial charge in [-0.05, 0) is 48.9 Å². The molecule has 1 aliphatic rings.